The quantitative estimate of drug-likeness (QED) is 0.800. The lowest BCUT2D eigenvalue weighted by atomic mass is 10.1. The first kappa shape index (κ1) is 14.7. The molecule has 2 heterocycles. The SMILES string of the molecule is CN1CCN(c2ccccc2N2CC(CCl)CC2=O)CC1. The van der Waals surface area contributed by atoms with Gasteiger partial charge in [0.2, 0.25) is 5.91 Å². The van der Waals surface area contributed by atoms with Crippen molar-refractivity contribution in [3.63, 3.8) is 0 Å². The van der Waals surface area contributed by atoms with Gasteiger partial charge in [-0.25, -0.2) is 0 Å². The lowest BCUT2D eigenvalue weighted by Crippen LogP contribution is -2.45. The minimum atomic E-state index is 0.197. The molecular weight excluding hydrogens is 286 g/mol. The van der Waals surface area contributed by atoms with E-state index < -0.39 is 0 Å². The Morgan fingerprint density at radius 3 is 2.43 bits per heavy atom. The summed E-state index contributed by atoms with van der Waals surface area (Å²) < 4.78 is 0. The molecule has 4 nitrogen and oxygen atoms in total. The molecular formula is C16H22ClN3O. The first-order valence-electron chi connectivity index (χ1n) is 7.58. The molecule has 2 saturated heterocycles. The molecule has 2 fully saturated rings. The molecule has 5 heteroatoms. The summed E-state index contributed by atoms with van der Waals surface area (Å²) >= 11 is 5.94. The standard InChI is InChI=1S/C16H22ClN3O/c1-18-6-8-19(9-7-18)14-4-2-3-5-15(14)20-12-13(11-17)10-16(20)21/h2-5,13H,6-12H2,1H3. The largest absolute Gasteiger partial charge is 0.367 e. The fourth-order valence-corrected chi connectivity index (χ4v) is 3.33. The van der Waals surface area contributed by atoms with Gasteiger partial charge in [0.05, 0.1) is 11.4 Å². The van der Waals surface area contributed by atoms with Crippen molar-refractivity contribution in [2.24, 2.45) is 5.92 Å². The van der Waals surface area contributed by atoms with Crippen LogP contribution in [0, 0.1) is 5.92 Å². The van der Waals surface area contributed by atoms with Gasteiger partial charge in [-0.05, 0) is 25.1 Å². The van der Waals surface area contributed by atoms with Gasteiger partial charge in [0, 0.05) is 45.0 Å². The highest BCUT2D eigenvalue weighted by Gasteiger charge is 2.32. The second-order valence-corrected chi connectivity index (χ2v) is 6.32. The van der Waals surface area contributed by atoms with E-state index in [9.17, 15) is 4.79 Å². The average Bonchev–Trinajstić information content (AvgIpc) is 2.89. The van der Waals surface area contributed by atoms with Crippen LogP contribution in [-0.4, -0.2) is 56.5 Å². The van der Waals surface area contributed by atoms with Gasteiger partial charge in [0.25, 0.3) is 0 Å². The Morgan fingerprint density at radius 1 is 1.14 bits per heavy atom. The zero-order valence-corrected chi connectivity index (χ0v) is 13.2. The molecule has 0 radical (unpaired) electrons. The summed E-state index contributed by atoms with van der Waals surface area (Å²) in [7, 11) is 2.15. The fraction of sp³-hybridized carbons (Fsp3) is 0.562. The predicted molar refractivity (Wildman–Crippen MR) is 87.3 cm³/mol. The number of piperazine rings is 1. The number of hydrogen-bond donors (Lipinski definition) is 0. The Kier molecular flexibility index (Phi) is 4.36. The summed E-state index contributed by atoms with van der Waals surface area (Å²) in [5.41, 5.74) is 2.22. The first-order valence-corrected chi connectivity index (χ1v) is 8.11. The van der Waals surface area contributed by atoms with E-state index in [-0.39, 0.29) is 11.8 Å². The van der Waals surface area contributed by atoms with Crippen molar-refractivity contribution < 1.29 is 4.79 Å². The maximum Gasteiger partial charge on any atom is 0.227 e. The number of anilines is 2. The molecule has 1 unspecified atom stereocenters. The number of benzene rings is 1. The van der Waals surface area contributed by atoms with Crippen molar-refractivity contribution in [1.82, 2.24) is 4.90 Å². The summed E-state index contributed by atoms with van der Waals surface area (Å²) in [6.07, 6.45) is 0.570. The van der Waals surface area contributed by atoms with Crippen molar-refractivity contribution in [2.75, 3.05) is 55.5 Å². The number of nitrogens with zero attached hydrogens (tertiary/aromatic N) is 3. The molecule has 3 rings (SSSR count). The lowest BCUT2D eigenvalue weighted by molar-refractivity contribution is -0.117. The normalized spacial score (nSPS) is 23.9. The molecule has 1 aromatic carbocycles. The van der Waals surface area contributed by atoms with Crippen LogP contribution in [-0.2, 0) is 4.79 Å². The van der Waals surface area contributed by atoms with Crippen molar-refractivity contribution in [3.8, 4) is 0 Å². The van der Waals surface area contributed by atoms with Crippen LogP contribution in [0.2, 0.25) is 0 Å². The summed E-state index contributed by atoms with van der Waals surface area (Å²) in [6, 6.07) is 8.25. The molecule has 0 spiro atoms. The maximum absolute atomic E-state index is 12.3. The second kappa shape index (κ2) is 6.24. The molecule has 114 valence electrons. The molecule has 1 atom stereocenters. The monoisotopic (exact) mass is 307 g/mol. The highest BCUT2D eigenvalue weighted by Crippen LogP contribution is 2.34. The third kappa shape index (κ3) is 3.01. The number of carbonyl (C=O) groups is 1. The van der Waals surface area contributed by atoms with E-state index in [0.29, 0.717) is 12.3 Å². The van der Waals surface area contributed by atoms with Crippen LogP contribution < -0.4 is 9.80 Å². The van der Waals surface area contributed by atoms with Crippen molar-refractivity contribution in [1.29, 1.82) is 0 Å². The number of para-hydroxylation sites is 2. The molecule has 1 amide bonds. The Labute approximate surface area is 131 Å². The van der Waals surface area contributed by atoms with Gasteiger partial charge in [-0.15, -0.1) is 11.6 Å². The molecule has 0 N–H and O–H groups in total. The second-order valence-electron chi connectivity index (χ2n) is 6.01. The van der Waals surface area contributed by atoms with Gasteiger partial charge < -0.3 is 14.7 Å². The molecule has 2 aliphatic rings. The van der Waals surface area contributed by atoms with Crippen LogP contribution in [0.5, 0.6) is 0 Å². The smallest absolute Gasteiger partial charge is 0.227 e. The van der Waals surface area contributed by atoms with E-state index in [0.717, 1.165) is 38.4 Å². The Bertz CT molecular complexity index is 514. The molecule has 0 bridgehead atoms. The number of alkyl halides is 1. The van der Waals surface area contributed by atoms with Crippen LogP contribution in [0.1, 0.15) is 6.42 Å². The van der Waals surface area contributed by atoms with Crippen LogP contribution in [0.4, 0.5) is 11.4 Å². The Balaban J connectivity index is 1.84. The van der Waals surface area contributed by atoms with Gasteiger partial charge >= 0.3 is 0 Å². The third-order valence-corrected chi connectivity index (χ3v) is 4.88. The van der Waals surface area contributed by atoms with E-state index in [4.69, 9.17) is 11.6 Å². The minimum Gasteiger partial charge on any atom is -0.367 e. The van der Waals surface area contributed by atoms with Gasteiger partial charge in [-0.3, -0.25) is 4.79 Å². The molecule has 2 aliphatic heterocycles. The van der Waals surface area contributed by atoms with Crippen LogP contribution in [0.3, 0.4) is 0 Å². The van der Waals surface area contributed by atoms with Crippen molar-refractivity contribution >= 4 is 28.9 Å². The van der Waals surface area contributed by atoms with Gasteiger partial charge in [0.1, 0.15) is 0 Å². The number of halogens is 1. The van der Waals surface area contributed by atoms with E-state index in [1.807, 2.05) is 11.0 Å². The zero-order valence-electron chi connectivity index (χ0n) is 12.5. The molecule has 1 aromatic rings. The minimum absolute atomic E-state index is 0.197. The number of amides is 1. The summed E-state index contributed by atoms with van der Waals surface area (Å²) in [5, 5.41) is 0. The van der Waals surface area contributed by atoms with Crippen molar-refractivity contribution in [3.05, 3.63) is 24.3 Å². The predicted octanol–water partition coefficient (Wildman–Crippen LogP) is 2.03. The van der Waals surface area contributed by atoms with Gasteiger partial charge in [-0.1, -0.05) is 12.1 Å². The maximum atomic E-state index is 12.3. The van der Waals surface area contributed by atoms with Gasteiger partial charge in [0.15, 0.2) is 0 Å². The first-order chi connectivity index (χ1) is 10.2. The third-order valence-electron chi connectivity index (χ3n) is 4.44. The van der Waals surface area contributed by atoms with E-state index in [2.05, 4.69) is 35.0 Å². The van der Waals surface area contributed by atoms with E-state index in [1.54, 1.807) is 0 Å². The molecule has 0 saturated carbocycles. The van der Waals surface area contributed by atoms with Crippen LogP contribution >= 0.6 is 11.6 Å². The van der Waals surface area contributed by atoms with E-state index >= 15 is 0 Å². The Hall–Kier alpha value is -1.26. The Morgan fingerprint density at radius 2 is 1.81 bits per heavy atom. The number of rotatable bonds is 3. The highest BCUT2D eigenvalue weighted by molar-refractivity contribution is 6.18. The summed E-state index contributed by atoms with van der Waals surface area (Å²) in [4.78, 5) is 18.9. The fourth-order valence-electron chi connectivity index (χ4n) is 3.12. The molecule has 0 aliphatic carbocycles. The zero-order chi connectivity index (χ0) is 14.8. The van der Waals surface area contributed by atoms with Gasteiger partial charge in [-0.2, -0.15) is 0 Å². The van der Waals surface area contributed by atoms with E-state index in [1.165, 1.54) is 5.69 Å². The molecule has 21 heavy (non-hydrogen) atoms. The number of carbonyl (C=O) groups excluding carboxylic acids is 1. The van der Waals surface area contributed by atoms with Crippen molar-refractivity contribution in [2.45, 2.75) is 6.42 Å². The number of hydrogen-bond acceptors (Lipinski definition) is 3. The summed E-state index contributed by atoms with van der Waals surface area (Å²) in [6.45, 7) is 4.88. The highest BCUT2D eigenvalue weighted by atomic mass is 35.5. The number of likely N-dealkylation sites (N-methyl/N-ethyl adjacent to an activating group) is 1. The van der Waals surface area contributed by atoms with Crippen LogP contribution in [0.25, 0.3) is 0 Å². The summed E-state index contributed by atoms with van der Waals surface area (Å²) in [5.74, 6) is 1.03. The topological polar surface area (TPSA) is 26.8 Å². The van der Waals surface area contributed by atoms with Crippen LogP contribution in [0.15, 0.2) is 24.3 Å². The average molecular weight is 308 g/mol. The molecule has 0 aromatic heterocycles. The lowest BCUT2D eigenvalue weighted by Gasteiger charge is -2.36.